The van der Waals surface area contributed by atoms with E-state index in [9.17, 15) is 4.79 Å². The van der Waals surface area contributed by atoms with Gasteiger partial charge in [-0.15, -0.1) is 0 Å². The molecule has 1 amide bonds. The molecule has 0 unspecified atom stereocenters. The number of benzene rings is 2. The van der Waals surface area contributed by atoms with Crippen LogP contribution in [-0.4, -0.2) is 18.1 Å². The third-order valence-corrected chi connectivity index (χ3v) is 5.12. The van der Waals surface area contributed by atoms with Crippen LogP contribution in [0.1, 0.15) is 35.2 Å². The Hall–Kier alpha value is -2.86. The molecule has 3 N–H and O–H groups in total. The number of carbonyl (C=O) groups excluding carboxylic acids is 1. The quantitative estimate of drug-likeness (QED) is 0.682. The van der Waals surface area contributed by atoms with Gasteiger partial charge < -0.3 is 20.7 Å². The molecule has 0 bridgehead atoms. The van der Waals surface area contributed by atoms with E-state index >= 15 is 0 Å². The molecule has 2 aromatic rings. The number of hydrogen-bond acceptors (Lipinski definition) is 3. The zero-order valence-electron chi connectivity index (χ0n) is 16.8. The van der Waals surface area contributed by atoms with Crippen LogP contribution in [0.15, 0.2) is 47.7 Å². The number of methoxy groups -OCH3 is 1. The monoisotopic (exact) mass is 395 g/mol. The molecule has 5 nitrogen and oxygen atoms in total. The highest BCUT2D eigenvalue weighted by Gasteiger charge is 2.32. The summed E-state index contributed by atoms with van der Waals surface area (Å²) in [6.07, 6.45) is 0. The standard InChI is InChI=1S/C22H25N3O2S/c1-12-10-13(2)18(14(3)11-12)20-19(15(4)23-22(28)25-20)21(26)24-16-8-6-7-9-17(16)27-5/h6-11,20H,1-5H3,(H,24,26)(H2,23,25,28)/t20-/m0/s1. The molecule has 1 aliphatic rings. The van der Waals surface area contributed by atoms with Crippen LogP contribution >= 0.6 is 12.2 Å². The number of aryl methyl sites for hydroxylation is 3. The molecule has 2 aromatic carbocycles. The number of ether oxygens (including phenoxy) is 1. The zero-order valence-corrected chi connectivity index (χ0v) is 17.6. The van der Waals surface area contributed by atoms with Crippen molar-refractivity contribution >= 4 is 28.9 Å². The molecule has 1 heterocycles. The molecule has 1 atom stereocenters. The van der Waals surface area contributed by atoms with Crippen molar-refractivity contribution in [2.24, 2.45) is 0 Å². The van der Waals surface area contributed by atoms with Crippen LogP contribution in [0.25, 0.3) is 0 Å². The van der Waals surface area contributed by atoms with Crippen molar-refractivity contribution in [2.75, 3.05) is 12.4 Å². The largest absolute Gasteiger partial charge is 0.495 e. The minimum Gasteiger partial charge on any atom is -0.495 e. The molecule has 1 aliphatic heterocycles. The molecule has 0 aliphatic carbocycles. The van der Waals surface area contributed by atoms with Crippen LogP contribution in [0.3, 0.4) is 0 Å². The van der Waals surface area contributed by atoms with Crippen molar-refractivity contribution in [1.29, 1.82) is 0 Å². The van der Waals surface area contributed by atoms with Crippen LogP contribution < -0.4 is 20.7 Å². The normalized spacial score (nSPS) is 16.3. The third kappa shape index (κ3) is 3.87. The highest BCUT2D eigenvalue weighted by Crippen LogP contribution is 2.33. The lowest BCUT2D eigenvalue weighted by atomic mass is 9.88. The second-order valence-electron chi connectivity index (χ2n) is 7.04. The minimum atomic E-state index is -0.330. The Labute approximate surface area is 171 Å². The SMILES string of the molecule is COc1ccccc1NC(=O)C1=C(C)NC(=S)N[C@H]1c1c(C)cc(C)cc1C. The summed E-state index contributed by atoms with van der Waals surface area (Å²) in [5.74, 6) is 0.412. The van der Waals surface area contributed by atoms with Gasteiger partial charge in [0.25, 0.3) is 5.91 Å². The van der Waals surface area contributed by atoms with E-state index < -0.39 is 0 Å². The lowest BCUT2D eigenvalue weighted by molar-refractivity contribution is -0.113. The summed E-state index contributed by atoms with van der Waals surface area (Å²) in [7, 11) is 1.58. The van der Waals surface area contributed by atoms with Crippen LogP contribution in [0, 0.1) is 20.8 Å². The Balaban J connectivity index is 2.04. The maximum atomic E-state index is 13.3. The molecule has 0 fully saturated rings. The fourth-order valence-electron chi connectivity index (χ4n) is 3.80. The first-order valence-electron chi connectivity index (χ1n) is 9.12. The number of anilines is 1. The van der Waals surface area contributed by atoms with E-state index in [2.05, 4.69) is 48.9 Å². The summed E-state index contributed by atoms with van der Waals surface area (Å²) in [6.45, 7) is 8.07. The van der Waals surface area contributed by atoms with E-state index in [0.717, 1.165) is 22.4 Å². The Morgan fingerprint density at radius 1 is 1.11 bits per heavy atom. The molecular formula is C22H25N3O2S. The van der Waals surface area contributed by atoms with Crippen LogP contribution in [0.4, 0.5) is 5.69 Å². The van der Waals surface area contributed by atoms with Crippen molar-refractivity contribution < 1.29 is 9.53 Å². The first-order valence-corrected chi connectivity index (χ1v) is 9.53. The lowest BCUT2D eigenvalue weighted by Crippen LogP contribution is -2.46. The van der Waals surface area contributed by atoms with Crippen molar-refractivity contribution in [2.45, 2.75) is 33.7 Å². The van der Waals surface area contributed by atoms with Gasteiger partial charge in [-0.1, -0.05) is 29.8 Å². The van der Waals surface area contributed by atoms with E-state index in [1.807, 2.05) is 31.2 Å². The summed E-state index contributed by atoms with van der Waals surface area (Å²) < 4.78 is 5.36. The Morgan fingerprint density at radius 2 is 1.75 bits per heavy atom. The minimum absolute atomic E-state index is 0.200. The van der Waals surface area contributed by atoms with Gasteiger partial charge in [0.2, 0.25) is 0 Å². The third-order valence-electron chi connectivity index (χ3n) is 4.90. The molecule has 3 rings (SSSR count). The van der Waals surface area contributed by atoms with Crippen molar-refractivity contribution in [3.05, 3.63) is 69.9 Å². The lowest BCUT2D eigenvalue weighted by Gasteiger charge is -2.32. The molecule has 146 valence electrons. The fraction of sp³-hybridized carbons (Fsp3) is 0.273. The summed E-state index contributed by atoms with van der Waals surface area (Å²) in [5.41, 5.74) is 6.47. The van der Waals surface area contributed by atoms with Gasteiger partial charge in [-0.3, -0.25) is 4.79 Å². The molecule has 0 saturated carbocycles. The van der Waals surface area contributed by atoms with E-state index in [1.54, 1.807) is 7.11 Å². The first kappa shape index (κ1) is 19.9. The summed E-state index contributed by atoms with van der Waals surface area (Å²) >= 11 is 5.37. The Morgan fingerprint density at radius 3 is 2.39 bits per heavy atom. The Bertz CT molecular complexity index is 958. The van der Waals surface area contributed by atoms with Gasteiger partial charge in [0.15, 0.2) is 5.11 Å². The van der Waals surface area contributed by atoms with Crippen LogP contribution in [0.2, 0.25) is 0 Å². The second-order valence-corrected chi connectivity index (χ2v) is 7.45. The summed E-state index contributed by atoms with van der Waals surface area (Å²) in [4.78, 5) is 13.3. The molecule has 0 spiro atoms. The number of thiocarbonyl (C=S) groups is 1. The molecule has 28 heavy (non-hydrogen) atoms. The van der Waals surface area contributed by atoms with Gasteiger partial charge in [0.1, 0.15) is 5.75 Å². The molecule has 0 aromatic heterocycles. The second kappa shape index (κ2) is 8.02. The molecule has 6 heteroatoms. The molecule has 0 saturated heterocycles. The first-order chi connectivity index (χ1) is 13.3. The highest BCUT2D eigenvalue weighted by atomic mass is 32.1. The molecule has 0 radical (unpaired) electrons. The zero-order chi connectivity index (χ0) is 20.4. The Kier molecular flexibility index (Phi) is 5.70. The summed E-state index contributed by atoms with van der Waals surface area (Å²) in [5, 5.41) is 9.85. The molecular weight excluding hydrogens is 370 g/mol. The predicted octanol–water partition coefficient (Wildman–Crippen LogP) is 4.05. The average Bonchev–Trinajstić information content (AvgIpc) is 2.60. The van der Waals surface area contributed by atoms with E-state index in [0.29, 0.717) is 22.1 Å². The number of amides is 1. The van der Waals surface area contributed by atoms with Gasteiger partial charge in [-0.25, -0.2) is 0 Å². The number of nitrogens with one attached hydrogen (secondary N) is 3. The number of allylic oxidation sites excluding steroid dienone is 1. The smallest absolute Gasteiger partial charge is 0.255 e. The van der Waals surface area contributed by atoms with Crippen molar-refractivity contribution in [1.82, 2.24) is 10.6 Å². The van der Waals surface area contributed by atoms with E-state index in [4.69, 9.17) is 17.0 Å². The van der Waals surface area contributed by atoms with Crippen molar-refractivity contribution in [3.8, 4) is 5.75 Å². The number of carbonyl (C=O) groups is 1. The maximum Gasteiger partial charge on any atom is 0.255 e. The van der Waals surface area contributed by atoms with Gasteiger partial charge in [0.05, 0.1) is 24.4 Å². The van der Waals surface area contributed by atoms with Gasteiger partial charge in [0, 0.05) is 5.70 Å². The van der Waals surface area contributed by atoms with Gasteiger partial charge >= 0.3 is 0 Å². The topological polar surface area (TPSA) is 62.4 Å². The van der Waals surface area contributed by atoms with Gasteiger partial charge in [-0.05, 0) is 68.7 Å². The van der Waals surface area contributed by atoms with E-state index in [1.165, 1.54) is 5.56 Å². The maximum absolute atomic E-state index is 13.3. The number of para-hydroxylation sites is 2. The fourth-order valence-corrected chi connectivity index (χ4v) is 4.07. The van der Waals surface area contributed by atoms with Crippen molar-refractivity contribution in [3.63, 3.8) is 0 Å². The number of hydrogen-bond donors (Lipinski definition) is 3. The van der Waals surface area contributed by atoms with Crippen LogP contribution in [0.5, 0.6) is 5.75 Å². The highest BCUT2D eigenvalue weighted by molar-refractivity contribution is 7.80. The van der Waals surface area contributed by atoms with Crippen LogP contribution in [-0.2, 0) is 4.79 Å². The van der Waals surface area contributed by atoms with Gasteiger partial charge in [-0.2, -0.15) is 0 Å². The summed E-state index contributed by atoms with van der Waals surface area (Å²) in [6, 6.07) is 11.3. The predicted molar refractivity (Wildman–Crippen MR) is 117 cm³/mol. The van der Waals surface area contributed by atoms with E-state index in [-0.39, 0.29) is 11.9 Å². The number of rotatable bonds is 4. The average molecular weight is 396 g/mol.